The third kappa shape index (κ3) is 5.02. The predicted molar refractivity (Wildman–Crippen MR) is 120 cm³/mol. The first-order valence-electron chi connectivity index (χ1n) is 9.83. The summed E-state index contributed by atoms with van der Waals surface area (Å²) in [5, 5.41) is 6.35. The molecule has 1 aromatic heterocycles. The summed E-state index contributed by atoms with van der Waals surface area (Å²) in [5.41, 5.74) is 7.76. The number of hydrogen-bond acceptors (Lipinski definition) is 3. The quantitative estimate of drug-likeness (QED) is 0.364. The van der Waals surface area contributed by atoms with Crippen LogP contribution in [0, 0.1) is 0 Å². The number of anilines is 1. The van der Waals surface area contributed by atoms with Crippen molar-refractivity contribution < 1.29 is 14.3 Å². The molecule has 1 atom stereocenters. The van der Waals surface area contributed by atoms with Crippen LogP contribution in [0.5, 0.6) is 11.5 Å². The number of nitrogens with one attached hydrogen (secondary N) is 3. The van der Waals surface area contributed by atoms with Gasteiger partial charge in [-0.2, -0.15) is 0 Å². The predicted octanol–water partition coefficient (Wildman–Crippen LogP) is 4.18. The summed E-state index contributed by atoms with van der Waals surface area (Å²) in [7, 11) is 0. The lowest BCUT2D eigenvalue weighted by Gasteiger charge is -2.17. The molecule has 4 aromatic rings. The molecule has 5 N–H and O–H groups in total. The Balaban J connectivity index is 1.45. The van der Waals surface area contributed by atoms with E-state index in [0.717, 1.165) is 22.2 Å². The average molecular weight is 414 g/mol. The number of carbonyl (C=O) groups is 2. The Hall–Kier alpha value is -4.26. The van der Waals surface area contributed by atoms with Gasteiger partial charge in [-0.1, -0.05) is 36.4 Å². The molecular weight excluding hydrogens is 392 g/mol. The molecule has 0 aliphatic heterocycles. The summed E-state index contributed by atoms with van der Waals surface area (Å²) in [6.45, 7) is 0. The van der Waals surface area contributed by atoms with Crippen molar-refractivity contribution in [1.29, 1.82) is 0 Å². The van der Waals surface area contributed by atoms with E-state index in [2.05, 4.69) is 15.6 Å². The summed E-state index contributed by atoms with van der Waals surface area (Å²) < 4.78 is 5.76. The molecule has 7 heteroatoms. The first-order chi connectivity index (χ1) is 15.1. The van der Waals surface area contributed by atoms with Gasteiger partial charge in [0.05, 0.1) is 0 Å². The molecule has 0 fully saturated rings. The van der Waals surface area contributed by atoms with E-state index in [1.807, 2.05) is 60.8 Å². The van der Waals surface area contributed by atoms with Crippen LogP contribution in [0.3, 0.4) is 0 Å². The summed E-state index contributed by atoms with van der Waals surface area (Å²) >= 11 is 0. The molecule has 0 spiro atoms. The van der Waals surface area contributed by atoms with Gasteiger partial charge in [0.1, 0.15) is 17.5 Å². The van der Waals surface area contributed by atoms with Crippen LogP contribution in [-0.2, 0) is 11.2 Å². The minimum Gasteiger partial charge on any atom is -0.457 e. The van der Waals surface area contributed by atoms with Gasteiger partial charge in [0.25, 0.3) is 0 Å². The van der Waals surface area contributed by atoms with E-state index in [0.29, 0.717) is 17.9 Å². The number of para-hydroxylation sites is 2. The number of carbonyl (C=O) groups excluding carboxylic acids is 2. The second kappa shape index (κ2) is 9.04. The molecule has 0 bridgehead atoms. The zero-order chi connectivity index (χ0) is 21.6. The van der Waals surface area contributed by atoms with Gasteiger partial charge in [0, 0.05) is 29.2 Å². The lowest BCUT2D eigenvalue weighted by atomic mass is 10.0. The van der Waals surface area contributed by atoms with Gasteiger partial charge in [0.2, 0.25) is 5.91 Å². The molecule has 3 amide bonds. The Morgan fingerprint density at radius 1 is 0.903 bits per heavy atom. The number of benzene rings is 3. The van der Waals surface area contributed by atoms with Crippen molar-refractivity contribution in [2.75, 3.05) is 5.32 Å². The highest BCUT2D eigenvalue weighted by Gasteiger charge is 2.22. The summed E-state index contributed by atoms with van der Waals surface area (Å²) in [6, 6.07) is 22.6. The first-order valence-corrected chi connectivity index (χ1v) is 9.83. The van der Waals surface area contributed by atoms with Gasteiger partial charge in [-0.25, -0.2) is 4.79 Å². The summed E-state index contributed by atoms with van der Waals surface area (Å²) in [5.74, 6) is 1.01. The van der Waals surface area contributed by atoms with Gasteiger partial charge in [0.15, 0.2) is 0 Å². The molecule has 1 unspecified atom stereocenters. The lowest BCUT2D eigenvalue weighted by Crippen LogP contribution is -2.47. The van der Waals surface area contributed by atoms with Crippen molar-refractivity contribution in [3.8, 4) is 11.5 Å². The topological polar surface area (TPSA) is 109 Å². The Morgan fingerprint density at radius 2 is 1.58 bits per heavy atom. The summed E-state index contributed by atoms with van der Waals surface area (Å²) in [6.07, 6.45) is 2.14. The van der Waals surface area contributed by atoms with E-state index in [4.69, 9.17) is 10.5 Å². The zero-order valence-electron chi connectivity index (χ0n) is 16.7. The van der Waals surface area contributed by atoms with Gasteiger partial charge < -0.3 is 26.1 Å². The van der Waals surface area contributed by atoms with Crippen LogP contribution < -0.4 is 21.1 Å². The highest BCUT2D eigenvalue weighted by molar-refractivity contribution is 5.97. The largest absolute Gasteiger partial charge is 0.457 e. The van der Waals surface area contributed by atoms with Crippen LogP contribution in [0.25, 0.3) is 10.9 Å². The van der Waals surface area contributed by atoms with Gasteiger partial charge >= 0.3 is 6.03 Å². The monoisotopic (exact) mass is 414 g/mol. The van der Waals surface area contributed by atoms with Crippen LogP contribution in [0.2, 0.25) is 0 Å². The highest BCUT2D eigenvalue weighted by atomic mass is 16.5. The molecule has 0 aliphatic rings. The molecule has 0 aliphatic carbocycles. The molecule has 4 rings (SSSR count). The van der Waals surface area contributed by atoms with Gasteiger partial charge in [-0.3, -0.25) is 4.79 Å². The minimum atomic E-state index is -0.822. The maximum absolute atomic E-state index is 12.9. The molecule has 1 heterocycles. The standard InChI is InChI=1S/C24H22N4O3/c25-24(30)28-22(14-16-15-26-21-9-5-4-8-20(16)21)23(29)27-17-10-12-19(13-11-17)31-18-6-2-1-3-7-18/h1-13,15,22,26H,14H2,(H,27,29)(H3,25,28,30). The Kier molecular flexibility index (Phi) is 5.84. The molecule has 0 saturated heterocycles. The number of rotatable bonds is 7. The van der Waals surface area contributed by atoms with Crippen molar-refractivity contribution >= 4 is 28.5 Å². The third-order valence-corrected chi connectivity index (χ3v) is 4.83. The fourth-order valence-corrected chi connectivity index (χ4v) is 3.36. The number of primary amides is 1. The molecule has 0 saturated carbocycles. The average Bonchev–Trinajstić information content (AvgIpc) is 3.18. The maximum Gasteiger partial charge on any atom is 0.312 e. The van der Waals surface area contributed by atoms with Gasteiger partial charge in [-0.05, 0) is 48.0 Å². The molecule has 7 nitrogen and oxygen atoms in total. The second-order valence-electron chi connectivity index (χ2n) is 7.05. The number of aromatic nitrogens is 1. The van der Waals surface area contributed by atoms with Crippen molar-refractivity contribution in [3.63, 3.8) is 0 Å². The van der Waals surface area contributed by atoms with E-state index < -0.39 is 12.1 Å². The molecule has 156 valence electrons. The Labute approximate surface area is 179 Å². The van der Waals surface area contributed by atoms with E-state index in [-0.39, 0.29) is 5.91 Å². The van der Waals surface area contributed by atoms with E-state index >= 15 is 0 Å². The highest BCUT2D eigenvalue weighted by Crippen LogP contribution is 2.23. The Bertz CT molecular complexity index is 1190. The number of ether oxygens (including phenoxy) is 1. The number of fused-ring (bicyclic) bond motifs is 1. The zero-order valence-corrected chi connectivity index (χ0v) is 16.7. The minimum absolute atomic E-state index is 0.300. The van der Waals surface area contributed by atoms with E-state index in [9.17, 15) is 9.59 Å². The van der Waals surface area contributed by atoms with Crippen LogP contribution in [0.15, 0.2) is 85.1 Å². The molecule has 3 aromatic carbocycles. The fraction of sp³-hybridized carbons (Fsp3) is 0.0833. The molecule has 31 heavy (non-hydrogen) atoms. The second-order valence-corrected chi connectivity index (χ2v) is 7.05. The molecular formula is C24H22N4O3. The van der Waals surface area contributed by atoms with Crippen molar-refractivity contribution in [2.24, 2.45) is 5.73 Å². The van der Waals surface area contributed by atoms with Crippen LogP contribution in [-0.4, -0.2) is 23.0 Å². The number of nitrogens with two attached hydrogens (primary N) is 1. The number of urea groups is 1. The Morgan fingerprint density at radius 3 is 2.32 bits per heavy atom. The number of hydrogen-bond donors (Lipinski definition) is 4. The smallest absolute Gasteiger partial charge is 0.312 e. The van der Waals surface area contributed by atoms with Crippen molar-refractivity contribution in [3.05, 3.63) is 90.6 Å². The first kappa shape index (κ1) is 20.0. The van der Waals surface area contributed by atoms with Crippen molar-refractivity contribution in [1.82, 2.24) is 10.3 Å². The number of aromatic amines is 1. The van der Waals surface area contributed by atoms with Gasteiger partial charge in [-0.15, -0.1) is 0 Å². The van der Waals surface area contributed by atoms with Crippen LogP contribution in [0.1, 0.15) is 5.56 Å². The fourth-order valence-electron chi connectivity index (χ4n) is 3.36. The molecule has 0 radical (unpaired) electrons. The third-order valence-electron chi connectivity index (χ3n) is 4.83. The summed E-state index contributed by atoms with van der Waals surface area (Å²) in [4.78, 5) is 27.5. The van der Waals surface area contributed by atoms with Crippen LogP contribution >= 0.6 is 0 Å². The van der Waals surface area contributed by atoms with E-state index in [1.165, 1.54) is 0 Å². The normalized spacial score (nSPS) is 11.6. The van der Waals surface area contributed by atoms with E-state index in [1.54, 1.807) is 24.3 Å². The number of amides is 3. The maximum atomic E-state index is 12.9. The van der Waals surface area contributed by atoms with Crippen LogP contribution in [0.4, 0.5) is 10.5 Å². The number of H-pyrrole nitrogens is 1. The lowest BCUT2D eigenvalue weighted by molar-refractivity contribution is -0.117. The SMILES string of the molecule is NC(=O)NC(Cc1c[nH]c2ccccc12)C(=O)Nc1ccc(Oc2ccccc2)cc1. The van der Waals surface area contributed by atoms with Crippen molar-refractivity contribution in [2.45, 2.75) is 12.5 Å².